The lowest BCUT2D eigenvalue weighted by atomic mass is 10.3. The molecule has 0 spiro atoms. The zero-order valence-electron chi connectivity index (χ0n) is 9.96. The number of thiophene rings is 1. The number of nitro groups is 1. The van der Waals surface area contributed by atoms with Gasteiger partial charge < -0.3 is 10.0 Å². The SMILES string of the molecule is Cc1sc(C(=O)N(CCO)C2CC2)cc1[N+](=O)[O-]. The number of aliphatic hydroxyl groups is 1. The van der Waals surface area contributed by atoms with Crippen LogP contribution < -0.4 is 0 Å². The summed E-state index contributed by atoms with van der Waals surface area (Å²) in [5.74, 6) is -0.215. The maximum atomic E-state index is 12.2. The molecular weight excluding hydrogens is 256 g/mol. The van der Waals surface area contributed by atoms with Crippen LogP contribution in [0.1, 0.15) is 27.4 Å². The van der Waals surface area contributed by atoms with E-state index in [2.05, 4.69) is 0 Å². The molecule has 18 heavy (non-hydrogen) atoms. The summed E-state index contributed by atoms with van der Waals surface area (Å²) in [7, 11) is 0. The molecule has 0 bridgehead atoms. The van der Waals surface area contributed by atoms with E-state index in [4.69, 9.17) is 5.11 Å². The summed E-state index contributed by atoms with van der Waals surface area (Å²) < 4.78 is 0. The quantitative estimate of drug-likeness (QED) is 0.650. The Labute approximate surface area is 108 Å². The van der Waals surface area contributed by atoms with Gasteiger partial charge in [0, 0.05) is 18.7 Å². The van der Waals surface area contributed by atoms with E-state index in [1.165, 1.54) is 6.07 Å². The van der Waals surface area contributed by atoms with E-state index in [0.717, 1.165) is 24.2 Å². The molecule has 0 atom stereocenters. The molecule has 98 valence electrons. The van der Waals surface area contributed by atoms with Crippen LogP contribution in [0.25, 0.3) is 0 Å². The third kappa shape index (κ3) is 2.51. The lowest BCUT2D eigenvalue weighted by Crippen LogP contribution is -2.35. The molecule has 0 radical (unpaired) electrons. The number of rotatable bonds is 5. The van der Waals surface area contributed by atoms with Crippen molar-refractivity contribution in [2.45, 2.75) is 25.8 Å². The summed E-state index contributed by atoms with van der Waals surface area (Å²) >= 11 is 1.14. The number of carbonyl (C=O) groups is 1. The second-order valence-corrected chi connectivity index (χ2v) is 5.52. The van der Waals surface area contributed by atoms with Gasteiger partial charge in [-0.25, -0.2) is 0 Å². The average molecular weight is 270 g/mol. The first-order valence-electron chi connectivity index (χ1n) is 5.71. The predicted molar refractivity (Wildman–Crippen MR) is 66.9 cm³/mol. The molecule has 1 aromatic rings. The molecule has 2 rings (SSSR count). The van der Waals surface area contributed by atoms with Crippen molar-refractivity contribution < 1.29 is 14.8 Å². The Morgan fingerprint density at radius 2 is 2.33 bits per heavy atom. The average Bonchev–Trinajstić information content (AvgIpc) is 3.07. The van der Waals surface area contributed by atoms with Gasteiger partial charge in [-0.3, -0.25) is 14.9 Å². The number of hydrogen-bond donors (Lipinski definition) is 1. The topological polar surface area (TPSA) is 83.7 Å². The molecule has 7 heteroatoms. The Bertz CT molecular complexity index is 481. The van der Waals surface area contributed by atoms with Gasteiger partial charge in [0.1, 0.15) is 0 Å². The summed E-state index contributed by atoms with van der Waals surface area (Å²) in [4.78, 5) is 25.0. The van der Waals surface area contributed by atoms with Crippen LogP contribution in [-0.4, -0.2) is 40.0 Å². The minimum Gasteiger partial charge on any atom is -0.395 e. The molecule has 1 saturated carbocycles. The third-order valence-corrected chi connectivity index (χ3v) is 3.92. The number of aryl methyl sites for hydroxylation is 1. The van der Waals surface area contributed by atoms with Crippen molar-refractivity contribution >= 4 is 22.9 Å². The van der Waals surface area contributed by atoms with Crippen molar-refractivity contribution in [3.05, 3.63) is 25.9 Å². The van der Waals surface area contributed by atoms with Crippen LogP contribution in [0.3, 0.4) is 0 Å². The molecule has 1 heterocycles. The van der Waals surface area contributed by atoms with Crippen LogP contribution >= 0.6 is 11.3 Å². The zero-order valence-corrected chi connectivity index (χ0v) is 10.8. The van der Waals surface area contributed by atoms with E-state index < -0.39 is 4.92 Å². The van der Waals surface area contributed by atoms with Gasteiger partial charge in [-0.15, -0.1) is 11.3 Å². The molecule has 1 aromatic heterocycles. The highest BCUT2D eigenvalue weighted by molar-refractivity contribution is 7.14. The van der Waals surface area contributed by atoms with E-state index in [0.29, 0.717) is 9.75 Å². The number of aliphatic hydroxyl groups excluding tert-OH is 1. The van der Waals surface area contributed by atoms with Crippen molar-refractivity contribution in [1.29, 1.82) is 0 Å². The van der Waals surface area contributed by atoms with Crippen LogP contribution in [-0.2, 0) is 0 Å². The van der Waals surface area contributed by atoms with Crippen molar-refractivity contribution in [1.82, 2.24) is 4.90 Å². The summed E-state index contributed by atoms with van der Waals surface area (Å²) in [6, 6.07) is 1.51. The van der Waals surface area contributed by atoms with Crippen molar-refractivity contribution in [3.8, 4) is 0 Å². The second kappa shape index (κ2) is 5.03. The normalized spacial score (nSPS) is 14.6. The van der Waals surface area contributed by atoms with Crippen LogP contribution in [0, 0.1) is 17.0 Å². The van der Waals surface area contributed by atoms with Gasteiger partial charge in [-0.1, -0.05) is 0 Å². The maximum Gasteiger partial charge on any atom is 0.283 e. The molecular formula is C11H14N2O4S. The zero-order chi connectivity index (χ0) is 13.3. The van der Waals surface area contributed by atoms with Gasteiger partial charge in [0.15, 0.2) is 0 Å². The van der Waals surface area contributed by atoms with Gasteiger partial charge >= 0.3 is 0 Å². The number of hydrogen-bond acceptors (Lipinski definition) is 5. The first-order chi connectivity index (χ1) is 8.54. The Kier molecular flexibility index (Phi) is 3.63. The molecule has 0 saturated heterocycles. The van der Waals surface area contributed by atoms with Gasteiger partial charge in [-0.05, 0) is 19.8 Å². The maximum absolute atomic E-state index is 12.2. The van der Waals surface area contributed by atoms with Crippen LogP contribution in [0.15, 0.2) is 6.07 Å². The van der Waals surface area contributed by atoms with E-state index in [9.17, 15) is 14.9 Å². The molecule has 1 fully saturated rings. The lowest BCUT2D eigenvalue weighted by Gasteiger charge is -2.20. The fourth-order valence-corrected chi connectivity index (χ4v) is 2.79. The summed E-state index contributed by atoms with van der Waals surface area (Å²) in [6.07, 6.45) is 1.89. The largest absolute Gasteiger partial charge is 0.395 e. The monoisotopic (exact) mass is 270 g/mol. The van der Waals surface area contributed by atoms with Gasteiger partial charge in [0.25, 0.3) is 11.6 Å². The Balaban J connectivity index is 2.21. The molecule has 0 aliphatic heterocycles. The van der Waals surface area contributed by atoms with E-state index >= 15 is 0 Å². The first kappa shape index (κ1) is 13.0. The molecule has 1 N–H and O–H groups in total. The Hall–Kier alpha value is -1.47. The highest BCUT2D eigenvalue weighted by Crippen LogP contribution is 2.32. The van der Waals surface area contributed by atoms with E-state index in [-0.39, 0.29) is 30.8 Å². The van der Waals surface area contributed by atoms with Crippen molar-refractivity contribution in [2.24, 2.45) is 0 Å². The highest BCUT2D eigenvalue weighted by Gasteiger charge is 2.34. The van der Waals surface area contributed by atoms with Crippen molar-refractivity contribution in [2.75, 3.05) is 13.2 Å². The van der Waals surface area contributed by atoms with Gasteiger partial charge in [-0.2, -0.15) is 0 Å². The minimum atomic E-state index is -0.476. The first-order valence-corrected chi connectivity index (χ1v) is 6.53. The number of carbonyl (C=O) groups excluding carboxylic acids is 1. The van der Waals surface area contributed by atoms with E-state index in [1.807, 2.05) is 0 Å². The molecule has 1 aliphatic carbocycles. The molecule has 6 nitrogen and oxygen atoms in total. The van der Waals surface area contributed by atoms with Gasteiger partial charge in [0.2, 0.25) is 0 Å². The minimum absolute atomic E-state index is 0.0110. The summed E-state index contributed by atoms with van der Waals surface area (Å²) in [5.41, 5.74) is -0.0110. The molecule has 1 amide bonds. The fourth-order valence-electron chi connectivity index (χ4n) is 1.84. The Morgan fingerprint density at radius 1 is 1.67 bits per heavy atom. The van der Waals surface area contributed by atoms with Crippen LogP contribution in [0.2, 0.25) is 0 Å². The standard InChI is InChI=1S/C11H14N2O4S/c1-7-9(13(16)17)6-10(18-7)11(15)12(4-5-14)8-2-3-8/h6,8,14H,2-5H2,1H3. The predicted octanol–water partition coefficient (Wildman–Crippen LogP) is 1.56. The van der Waals surface area contributed by atoms with Crippen LogP contribution in [0.5, 0.6) is 0 Å². The van der Waals surface area contributed by atoms with E-state index in [1.54, 1.807) is 11.8 Å². The Morgan fingerprint density at radius 3 is 2.78 bits per heavy atom. The lowest BCUT2D eigenvalue weighted by molar-refractivity contribution is -0.385. The molecule has 0 aromatic carbocycles. The van der Waals surface area contributed by atoms with Gasteiger partial charge in [0.05, 0.1) is 21.3 Å². The summed E-state index contributed by atoms with van der Waals surface area (Å²) in [6.45, 7) is 1.83. The van der Waals surface area contributed by atoms with Crippen molar-refractivity contribution in [3.63, 3.8) is 0 Å². The molecule has 0 unspecified atom stereocenters. The number of nitrogens with zero attached hydrogens (tertiary/aromatic N) is 2. The molecule has 1 aliphatic rings. The third-order valence-electron chi connectivity index (χ3n) is 2.89. The number of amides is 1. The fraction of sp³-hybridized carbons (Fsp3) is 0.545. The van der Waals surface area contributed by atoms with Crippen LogP contribution in [0.4, 0.5) is 5.69 Å². The highest BCUT2D eigenvalue weighted by atomic mass is 32.1. The second-order valence-electron chi connectivity index (χ2n) is 4.26. The summed E-state index contributed by atoms with van der Waals surface area (Å²) in [5, 5.41) is 19.7. The smallest absolute Gasteiger partial charge is 0.283 e.